The molecule has 15 heavy (non-hydrogen) atoms. The monoisotopic (exact) mass is 237 g/mol. The molecule has 0 aromatic heterocycles. The Bertz CT molecular complexity index is 86.7. The second kappa shape index (κ2) is 19.6. The van der Waals surface area contributed by atoms with E-state index in [1.807, 2.05) is 20.9 Å². The van der Waals surface area contributed by atoms with Crippen LogP contribution in [0.3, 0.4) is 0 Å². The van der Waals surface area contributed by atoms with Crippen molar-refractivity contribution in [1.82, 2.24) is 5.32 Å². The van der Waals surface area contributed by atoms with Gasteiger partial charge in [-0.3, -0.25) is 0 Å². The van der Waals surface area contributed by atoms with Gasteiger partial charge in [-0.15, -0.1) is 0 Å². The summed E-state index contributed by atoms with van der Waals surface area (Å²) in [4.78, 5) is 8.97. The number of hydrogen-bond donors (Lipinski definition) is 1. The average Bonchev–Trinajstić information content (AvgIpc) is 2.27. The van der Waals surface area contributed by atoms with E-state index in [1.54, 1.807) is 0 Å². The van der Waals surface area contributed by atoms with Crippen molar-refractivity contribution in [3.05, 3.63) is 0 Å². The van der Waals surface area contributed by atoms with E-state index < -0.39 is 0 Å². The van der Waals surface area contributed by atoms with Gasteiger partial charge in [0.1, 0.15) is 0 Å². The summed E-state index contributed by atoms with van der Waals surface area (Å²) in [7, 11) is 1.84. The Morgan fingerprint density at radius 3 is 2.00 bits per heavy atom. The van der Waals surface area contributed by atoms with Crippen LogP contribution in [0.25, 0.3) is 0 Å². The molecule has 94 valence electrons. The van der Waals surface area contributed by atoms with Crippen LogP contribution in [0.5, 0.6) is 0 Å². The molecule has 5 heteroatoms. The van der Waals surface area contributed by atoms with E-state index in [9.17, 15) is 0 Å². The van der Waals surface area contributed by atoms with Gasteiger partial charge < -0.3 is 9.74 Å². The van der Waals surface area contributed by atoms with Gasteiger partial charge in [0.05, 0.1) is 13.2 Å². The Balaban J connectivity index is 0. The lowest BCUT2D eigenvalue weighted by Gasteiger charge is -1.98. The maximum absolute atomic E-state index is 5.29. The fraction of sp³-hybridized carbons (Fsp3) is 1.00. The largest absolute Gasteiger partial charge is 0.424 e. The van der Waals surface area contributed by atoms with Crippen LogP contribution in [0, 0.1) is 0 Å². The molecular formula is C10H27NO3Si. The third kappa shape index (κ3) is 24.9. The van der Waals surface area contributed by atoms with E-state index in [0.717, 1.165) is 13.2 Å². The van der Waals surface area contributed by atoms with Gasteiger partial charge in [0, 0.05) is 6.61 Å². The molecule has 0 unspecified atom stereocenters. The van der Waals surface area contributed by atoms with Crippen LogP contribution in [0.15, 0.2) is 0 Å². The highest BCUT2D eigenvalue weighted by molar-refractivity contribution is 6.26. The zero-order valence-corrected chi connectivity index (χ0v) is 12.1. The molecule has 0 spiro atoms. The molecule has 4 nitrogen and oxygen atoms in total. The van der Waals surface area contributed by atoms with E-state index in [-0.39, 0.29) is 9.76 Å². The molecule has 0 heterocycles. The third-order valence-electron chi connectivity index (χ3n) is 1.49. The van der Waals surface area contributed by atoms with Crippen molar-refractivity contribution in [3.8, 4) is 0 Å². The van der Waals surface area contributed by atoms with Crippen LogP contribution >= 0.6 is 0 Å². The zero-order valence-electron chi connectivity index (χ0n) is 10.7. The first-order chi connectivity index (χ1) is 7.33. The predicted molar refractivity (Wildman–Crippen MR) is 66.8 cm³/mol. The SMILES string of the molecule is CCOOCC.CCO[SiH2]CCCNC. The summed E-state index contributed by atoms with van der Waals surface area (Å²) in [6.07, 6.45) is 1.28. The number of hydrogen-bond acceptors (Lipinski definition) is 4. The standard InChI is InChI=1S/C6H17NOSi.C4H10O2/c1-3-8-9-6-4-5-7-2;1-3-5-6-4-2/h7H,3-6,9H2,1-2H3;3-4H2,1-2H3. The fourth-order valence-electron chi connectivity index (χ4n) is 0.817. The lowest BCUT2D eigenvalue weighted by atomic mass is 10.5. The highest BCUT2D eigenvalue weighted by Crippen LogP contribution is 1.86. The van der Waals surface area contributed by atoms with Crippen molar-refractivity contribution in [2.75, 3.05) is 33.4 Å². The van der Waals surface area contributed by atoms with Gasteiger partial charge in [0.2, 0.25) is 0 Å². The van der Waals surface area contributed by atoms with Crippen LogP contribution < -0.4 is 5.32 Å². The normalized spacial score (nSPS) is 10.4. The molecule has 0 saturated carbocycles. The summed E-state index contributed by atoms with van der Waals surface area (Å²) in [6, 6.07) is 1.31. The van der Waals surface area contributed by atoms with Gasteiger partial charge in [-0.2, -0.15) is 0 Å². The molecule has 0 rings (SSSR count). The van der Waals surface area contributed by atoms with E-state index >= 15 is 0 Å². The van der Waals surface area contributed by atoms with Gasteiger partial charge in [0.15, 0.2) is 9.76 Å². The summed E-state index contributed by atoms with van der Waals surface area (Å²) < 4.78 is 5.29. The summed E-state index contributed by atoms with van der Waals surface area (Å²) in [5.41, 5.74) is 0. The zero-order chi connectivity index (χ0) is 11.8. The summed E-state index contributed by atoms with van der Waals surface area (Å²) >= 11 is 0. The highest BCUT2D eigenvalue weighted by Gasteiger charge is 1.86. The second-order valence-electron chi connectivity index (χ2n) is 2.82. The smallest absolute Gasteiger partial charge is 0.161 e. The molecule has 0 bridgehead atoms. The third-order valence-corrected chi connectivity index (χ3v) is 2.97. The predicted octanol–water partition coefficient (Wildman–Crippen LogP) is 1.11. The molecule has 0 saturated heterocycles. The Morgan fingerprint density at radius 1 is 1.00 bits per heavy atom. The minimum Gasteiger partial charge on any atom is -0.424 e. The van der Waals surface area contributed by atoms with Crippen molar-refractivity contribution in [2.24, 2.45) is 0 Å². The first-order valence-corrected chi connectivity index (χ1v) is 7.37. The number of rotatable bonds is 9. The lowest BCUT2D eigenvalue weighted by Crippen LogP contribution is -2.09. The molecule has 0 radical (unpaired) electrons. The second-order valence-corrected chi connectivity index (χ2v) is 4.34. The first-order valence-electron chi connectivity index (χ1n) is 5.80. The minimum atomic E-state index is -0.149. The van der Waals surface area contributed by atoms with Gasteiger partial charge >= 0.3 is 0 Å². The van der Waals surface area contributed by atoms with Crippen LogP contribution in [0.4, 0.5) is 0 Å². The summed E-state index contributed by atoms with van der Waals surface area (Å²) in [5, 5.41) is 3.11. The maximum Gasteiger partial charge on any atom is 0.161 e. The molecule has 0 aliphatic carbocycles. The van der Waals surface area contributed by atoms with E-state index in [2.05, 4.69) is 22.0 Å². The molecule has 0 aromatic carbocycles. The molecule has 0 aliphatic heterocycles. The van der Waals surface area contributed by atoms with Crippen molar-refractivity contribution in [2.45, 2.75) is 33.2 Å². The number of nitrogens with one attached hydrogen (secondary N) is 1. The highest BCUT2D eigenvalue weighted by atomic mass is 28.2. The molecule has 1 N–H and O–H groups in total. The minimum absolute atomic E-state index is 0.149. The van der Waals surface area contributed by atoms with Gasteiger partial charge in [-0.1, -0.05) is 0 Å². The van der Waals surface area contributed by atoms with Gasteiger partial charge in [-0.05, 0) is 46.8 Å². The Hall–Kier alpha value is 0.0569. The fourth-order valence-corrected chi connectivity index (χ4v) is 1.76. The van der Waals surface area contributed by atoms with E-state index in [1.165, 1.54) is 12.5 Å². The topological polar surface area (TPSA) is 39.7 Å². The summed E-state index contributed by atoms with van der Waals surface area (Å²) in [6.45, 7) is 9.14. The van der Waals surface area contributed by atoms with E-state index in [4.69, 9.17) is 4.43 Å². The van der Waals surface area contributed by atoms with E-state index in [0.29, 0.717) is 13.2 Å². The maximum atomic E-state index is 5.29. The molecule has 0 atom stereocenters. The van der Waals surface area contributed by atoms with Crippen LogP contribution in [-0.4, -0.2) is 43.2 Å². The van der Waals surface area contributed by atoms with Crippen LogP contribution in [0.2, 0.25) is 6.04 Å². The Morgan fingerprint density at radius 2 is 1.60 bits per heavy atom. The molecule has 0 amide bonds. The van der Waals surface area contributed by atoms with Crippen LogP contribution in [0.1, 0.15) is 27.2 Å². The van der Waals surface area contributed by atoms with Crippen LogP contribution in [-0.2, 0) is 14.2 Å². The molecule has 0 aromatic rings. The van der Waals surface area contributed by atoms with Crippen molar-refractivity contribution in [1.29, 1.82) is 0 Å². The quantitative estimate of drug-likeness (QED) is 0.282. The average molecular weight is 237 g/mol. The van der Waals surface area contributed by atoms with Crippen molar-refractivity contribution < 1.29 is 14.2 Å². The first kappa shape index (κ1) is 17.5. The Kier molecular flexibility index (Phi) is 22.8. The molecule has 0 aliphatic rings. The summed E-state index contributed by atoms with van der Waals surface area (Å²) in [5.74, 6) is 0. The van der Waals surface area contributed by atoms with Gasteiger partial charge in [0.25, 0.3) is 0 Å². The van der Waals surface area contributed by atoms with Crippen molar-refractivity contribution >= 4 is 9.76 Å². The molecular weight excluding hydrogens is 210 g/mol. The Labute approximate surface area is 96.5 Å². The lowest BCUT2D eigenvalue weighted by molar-refractivity contribution is -0.287. The van der Waals surface area contributed by atoms with Crippen molar-refractivity contribution in [3.63, 3.8) is 0 Å². The van der Waals surface area contributed by atoms with Gasteiger partial charge in [-0.25, -0.2) is 9.78 Å². The molecule has 0 fully saturated rings.